The van der Waals surface area contributed by atoms with Crippen LogP contribution in [0.1, 0.15) is 71.9 Å². The molecule has 0 aliphatic rings. The molecule has 0 fully saturated rings. The van der Waals surface area contributed by atoms with Gasteiger partial charge in [0.15, 0.2) is 5.78 Å². The van der Waals surface area contributed by atoms with E-state index in [9.17, 15) is 4.79 Å². The predicted molar refractivity (Wildman–Crippen MR) is 206 cm³/mol. The van der Waals surface area contributed by atoms with Crippen molar-refractivity contribution in [1.29, 1.82) is 0 Å². The first-order chi connectivity index (χ1) is 23.3. The van der Waals surface area contributed by atoms with Gasteiger partial charge in [-0.2, -0.15) is 0 Å². The summed E-state index contributed by atoms with van der Waals surface area (Å²) < 4.78 is 5.94. The molecule has 0 aliphatic carbocycles. The minimum absolute atomic E-state index is 0.138. The minimum atomic E-state index is -0.342. The van der Waals surface area contributed by atoms with Crippen molar-refractivity contribution in [3.05, 3.63) is 144 Å². The van der Waals surface area contributed by atoms with E-state index in [0.717, 1.165) is 24.6 Å². The molecule has 0 radical (unpaired) electrons. The molecular weight excluding hydrogens is 592 g/mol. The van der Waals surface area contributed by atoms with E-state index in [2.05, 4.69) is 56.1 Å². The van der Waals surface area contributed by atoms with Crippen LogP contribution in [0, 0.1) is 11.8 Å². The van der Waals surface area contributed by atoms with Crippen molar-refractivity contribution in [1.82, 2.24) is 5.32 Å². The zero-order chi connectivity index (χ0) is 35.6. The fourth-order valence-corrected chi connectivity index (χ4v) is 4.77. The zero-order valence-electron chi connectivity index (χ0n) is 30.2. The number of benzene rings is 3. The highest BCUT2D eigenvalue weighted by atomic mass is 16.5. The normalized spacial score (nSPS) is 12.6. The molecule has 6 nitrogen and oxygen atoms in total. The number of nitrogens with one attached hydrogen (secondary N) is 1. The summed E-state index contributed by atoms with van der Waals surface area (Å²) in [5, 5.41) is 4.90. The highest BCUT2D eigenvalue weighted by molar-refractivity contribution is 5.95. The number of hydrazine groups is 1. The maximum atomic E-state index is 12.6. The highest BCUT2D eigenvalue weighted by Crippen LogP contribution is 2.28. The van der Waals surface area contributed by atoms with Gasteiger partial charge in [0.2, 0.25) is 0 Å². The molecule has 0 aromatic heterocycles. The lowest BCUT2D eigenvalue weighted by atomic mass is 9.99. The third kappa shape index (κ3) is 15.9. The summed E-state index contributed by atoms with van der Waals surface area (Å²) in [5.41, 5.74) is 10.1. The second-order valence-corrected chi connectivity index (χ2v) is 11.3. The zero-order valence-corrected chi connectivity index (χ0v) is 30.2. The molecule has 3 rings (SSSR count). The Morgan fingerprint density at radius 2 is 1.58 bits per heavy atom. The third-order valence-corrected chi connectivity index (χ3v) is 7.20. The van der Waals surface area contributed by atoms with E-state index < -0.39 is 0 Å². The van der Waals surface area contributed by atoms with Crippen molar-refractivity contribution in [2.45, 2.75) is 73.8 Å². The third-order valence-electron chi connectivity index (χ3n) is 7.20. The molecule has 0 amide bonds. The van der Waals surface area contributed by atoms with Crippen LogP contribution < -0.4 is 26.6 Å². The van der Waals surface area contributed by atoms with Gasteiger partial charge < -0.3 is 15.8 Å². The molecule has 0 saturated heterocycles. The maximum absolute atomic E-state index is 12.6. The quantitative estimate of drug-likeness (QED) is 0.0317. The van der Waals surface area contributed by atoms with Gasteiger partial charge >= 0.3 is 0 Å². The van der Waals surface area contributed by atoms with Gasteiger partial charge in [-0.1, -0.05) is 132 Å². The fourth-order valence-electron chi connectivity index (χ4n) is 4.77. The van der Waals surface area contributed by atoms with Crippen LogP contribution in [-0.4, -0.2) is 18.9 Å². The number of rotatable bonds is 18. The molecule has 6 heteroatoms. The molecule has 3 aromatic carbocycles. The first-order valence-electron chi connectivity index (χ1n) is 17.4. The van der Waals surface area contributed by atoms with Crippen molar-refractivity contribution in [3.63, 3.8) is 0 Å². The lowest BCUT2D eigenvalue weighted by Gasteiger charge is -2.27. The molecule has 1 unspecified atom stereocenters. The topological polar surface area (TPSA) is 93.6 Å². The Labute approximate surface area is 291 Å². The highest BCUT2D eigenvalue weighted by Gasteiger charge is 2.22. The summed E-state index contributed by atoms with van der Waals surface area (Å²) in [7, 11) is 0. The van der Waals surface area contributed by atoms with Crippen LogP contribution in [0.25, 0.3) is 0 Å². The van der Waals surface area contributed by atoms with Crippen LogP contribution in [0.15, 0.2) is 133 Å². The summed E-state index contributed by atoms with van der Waals surface area (Å²) in [5.74, 6) is 7.43. The van der Waals surface area contributed by atoms with Gasteiger partial charge in [0.05, 0.1) is 17.1 Å². The van der Waals surface area contributed by atoms with Crippen molar-refractivity contribution in [2.75, 3.05) is 18.1 Å². The lowest BCUT2D eigenvalue weighted by molar-refractivity contribution is -0.115. The van der Waals surface area contributed by atoms with Crippen LogP contribution in [0.4, 0.5) is 5.69 Å². The lowest BCUT2D eigenvalue weighted by Crippen LogP contribution is -2.37. The Balaban J connectivity index is 0.000000599. The minimum Gasteiger partial charge on any atom is -0.489 e. The molecular formula is C42H60N4O2. The number of carbonyl (C=O) groups is 1. The average Bonchev–Trinajstić information content (AvgIpc) is 3.12. The summed E-state index contributed by atoms with van der Waals surface area (Å²) in [6.07, 6.45) is 12.8. The Kier molecular flexibility index (Phi) is 22.3. The van der Waals surface area contributed by atoms with E-state index in [4.69, 9.17) is 16.3 Å². The summed E-state index contributed by atoms with van der Waals surface area (Å²) in [6.45, 7) is 19.0. The molecule has 0 aliphatic heterocycles. The van der Waals surface area contributed by atoms with E-state index in [1.165, 1.54) is 23.4 Å². The van der Waals surface area contributed by atoms with Gasteiger partial charge in [0.1, 0.15) is 12.4 Å². The molecule has 3 aromatic rings. The number of Topliss-reactive ketones (excluding diaryl/α,β-unsaturated/α-hetero) is 1. The molecule has 0 saturated carbocycles. The van der Waals surface area contributed by atoms with Crippen molar-refractivity contribution in [2.24, 2.45) is 23.4 Å². The monoisotopic (exact) mass is 652 g/mol. The second kappa shape index (κ2) is 25.7. The summed E-state index contributed by atoms with van der Waals surface area (Å²) in [4.78, 5) is 12.6. The van der Waals surface area contributed by atoms with E-state index >= 15 is 0 Å². The number of nitrogens with zero attached hydrogens (tertiary/aromatic N) is 1. The number of ketones is 1. The predicted octanol–water partition coefficient (Wildman–Crippen LogP) is 9.31. The number of ether oxygens (including phenoxy) is 1. The van der Waals surface area contributed by atoms with Gasteiger partial charge in [-0.05, 0) is 68.5 Å². The maximum Gasteiger partial charge on any atom is 0.180 e. The number of carbonyl (C=O) groups excluding carboxylic acids is 1. The number of allylic oxidation sites excluding steroid dienone is 5. The van der Waals surface area contributed by atoms with Gasteiger partial charge in [-0.15, -0.1) is 6.58 Å². The molecule has 2 atom stereocenters. The SMILES string of the molecule is C=CC(C=C/C=C\C)/C(=C(/N)C(=O)CCC)N(N)c1cccc(OCc2ccccc2)c1.CC.CCCNC[C@H](C)Cc1ccccc1. The number of nitrogens with two attached hydrogens (primary N) is 2. The Morgan fingerprint density at radius 3 is 2.17 bits per heavy atom. The van der Waals surface area contributed by atoms with Gasteiger partial charge in [0.25, 0.3) is 0 Å². The van der Waals surface area contributed by atoms with Crippen molar-refractivity contribution in [3.8, 4) is 5.75 Å². The fraction of sp³-hybridized carbons (Fsp3) is 0.357. The molecule has 0 heterocycles. The van der Waals surface area contributed by atoms with Gasteiger partial charge in [-0.25, -0.2) is 5.84 Å². The van der Waals surface area contributed by atoms with E-state index in [1.54, 1.807) is 6.08 Å². The smallest absolute Gasteiger partial charge is 0.180 e. The van der Waals surface area contributed by atoms with Crippen LogP contribution in [0.5, 0.6) is 5.75 Å². The van der Waals surface area contributed by atoms with Crippen molar-refractivity contribution < 1.29 is 9.53 Å². The average molecular weight is 653 g/mol. The van der Waals surface area contributed by atoms with Crippen molar-refractivity contribution >= 4 is 11.5 Å². The number of hydrogen-bond acceptors (Lipinski definition) is 6. The molecule has 5 N–H and O–H groups in total. The second-order valence-electron chi connectivity index (χ2n) is 11.3. The first-order valence-corrected chi connectivity index (χ1v) is 17.4. The molecule has 48 heavy (non-hydrogen) atoms. The van der Waals surface area contributed by atoms with Gasteiger partial charge in [-0.3, -0.25) is 9.80 Å². The molecule has 260 valence electrons. The van der Waals surface area contributed by atoms with Gasteiger partial charge in [0, 0.05) is 18.4 Å². The van der Waals surface area contributed by atoms with E-state index in [0.29, 0.717) is 36.6 Å². The van der Waals surface area contributed by atoms with E-state index in [1.807, 2.05) is 107 Å². The summed E-state index contributed by atoms with van der Waals surface area (Å²) in [6, 6.07) is 28.0. The Bertz CT molecular complexity index is 1380. The summed E-state index contributed by atoms with van der Waals surface area (Å²) >= 11 is 0. The molecule has 0 bridgehead atoms. The number of hydrogen-bond donors (Lipinski definition) is 3. The Hall–Kier alpha value is -4.39. The first kappa shape index (κ1) is 41.6. The van der Waals surface area contributed by atoms with Crippen LogP contribution in [0.3, 0.4) is 0 Å². The number of anilines is 1. The molecule has 0 spiro atoms. The van der Waals surface area contributed by atoms with Crippen LogP contribution in [0.2, 0.25) is 0 Å². The Morgan fingerprint density at radius 1 is 0.938 bits per heavy atom. The standard InChI is InChI=1S/C27H33N3O2.C13H21N.C2H6/c1-4-7-9-16-22(6-3)27(26(28)25(31)13-5-2)30(29)23-17-12-18-24(19-23)32-20-21-14-10-8-11-15-21;1-3-9-14-11-12(2)10-13-7-5-4-6-8-13;1-2/h4,6-12,14-19,22H,3,5,13,20,28-29H2,1-2H3;4-8,12,14H,3,9-11H2,1-2H3;1-2H3/b7-4-,16-9?,27-26-;;/t;12-;/m.1./s1. The largest absolute Gasteiger partial charge is 0.489 e. The van der Waals surface area contributed by atoms with Crippen LogP contribution in [-0.2, 0) is 17.8 Å². The van der Waals surface area contributed by atoms with E-state index in [-0.39, 0.29) is 17.4 Å². The van der Waals surface area contributed by atoms with Crippen LogP contribution >= 0.6 is 0 Å².